The van der Waals surface area contributed by atoms with E-state index in [0.717, 1.165) is 11.1 Å². The number of carboxylic acid groups (broad SMARTS) is 1. The Morgan fingerprint density at radius 2 is 1.71 bits per heavy atom. The molecule has 0 aromatic heterocycles. The van der Waals surface area contributed by atoms with E-state index < -0.39 is 18.2 Å². The summed E-state index contributed by atoms with van der Waals surface area (Å²) in [5.74, 6) is 0. The first kappa shape index (κ1) is 15.6. The van der Waals surface area contributed by atoms with Gasteiger partial charge in [0.05, 0.1) is 12.1 Å². The SMILES string of the molecule is N[C@H](c1cccc(Cl)c1)[C@H](NC(=O)O)c1ccc(Cl)cc1. The molecule has 0 saturated heterocycles. The first-order chi connectivity index (χ1) is 9.97. The third-order valence-corrected chi connectivity index (χ3v) is 3.59. The highest BCUT2D eigenvalue weighted by Gasteiger charge is 2.23. The Morgan fingerprint density at radius 3 is 2.29 bits per heavy atom. The van der Waals surface area contributed by atoms with Gasteiger partial charge >= 0.3 is 6.09 Å². The Morgan fingerprint density at radius 1 is 1.05 bits per heavy atom. The van der Waals surface area contributed by atoms with E-state index in [0.29, 0.717) is 10.0 Å². The van der Waals surface area contributed by atoms with E-state index in [1.54, 1.807) is 42.5 Å². The van der Waals surface area contributed by atoms with Crippen molar-refractivity contribution >= 4 is 29.3 Å². The van der Waals surface area contributed by atoms with Crippen LogP contribution in [0.15, 0.2) is 48.5 Å². The average Bonchev–Trinajstić information content (AvgIpc) is 2.45. The Labute approximate surface area is 132 Å². The molecule has 2 atom stereocenters. The highest BCUT2D eigenvalue weighted by molar-refractivity contribution is 6.30. The maximum absolute atomic E-state index is 11.0. The number of rotatable bonds is 4. The van der Waals surface area contributed by atoms with Crippen LogP contribution in [0.4, 0.5) is 4.79 Å². The molecule has 0 unspecified atom stereocenters. The Hall–Kier alpha value is -1.75. The number of nitrogens with one attached hydrogen (secondary N) is 1. The van der Waals surface area contributed by atoms with Crippen molar-refractivity contribution < 1.29 is 9.90 Å². The fourth-order valence-electron chi connectivity index (χ4n) is 2.09. The minimum absolute atomic E-state index is 0.549. The lowest BCUT2D eigenvalue weighted by molar-refractivity contribution is 0.187. The molecule has 2 rings (SSSR count). The fraction of sp³-hybridized carbons (Fsp3) is 0.133. The van der Waals surface area contributed by atoms with Gasteiger partial charge in [0.2, 0.25) is 0 Å². The zero-order chi connectivity index (χ0) is 15.4. The second kappa shape index (κ2) is 6.80. The number of hydrogen-bond donors (Lipinski definition) is 3. The van der Waals surface area contributed by atoms with Crippen LogP contribution >= 0.6 is 23.2 Å². The van der Waals surface area contributed by atoms with Gasteiger partial charge in [-0.2, -0.15) is 0 Å². The van der Waals surface area contributed by atoms with E-state index in [-0.39, 0.29) is 0 Å². The molecule has 110 valence electrons. The lowest BCUT2D eigenvalue weighted by Gasteiger charge is -2.25. The number of halogens is 2. The zero-order valence-corrected chi connectivity index (χ0v) is 12.5. The van der Waals surface area contributed by atoms with Gasteiger partial charge in [-0.1, -0.05) is 47.5 Å². The molecule has 0 fully saturated rings. The third-order valence-electron chi connectivity index (χ3n) is 3.10. The van der Waals surface area contributed by atoms with Crippen molar-refractivity contribution in [3.63, 3.8) is 0 Å². The molecule has 0 spiro atoms. The summed E-state index contributed by atoms with van der Waals surface area (Å²) in [7, 11) is 0. The standard InChI is InChI=1S/C15H14Cl2N2O2/c16-11-6-4-9(5-7-11)14(19-15(20)21)13(18)10-2-1-3-12(17)8-10/h1-8,13-14,19H,18H2,(H,20,21)/t13-,14-/m1/s1. The predicted molar refractivity (Wildman–Crippen MR) is 83.7 cm³/mol. The van der Waals surface area contributed by atoms with Crippen LogP contribution in [0, 0.1) is 0 Å². The molecule has 6 heteroatoms. The molecule has 0 radical (unpaired) electrons. The minimum Gasteiger partial charge on any atom is -0.465 e. The zero-order valence-electron chi connectivity index (χ0n) is 11.0. The van der Waals surface area contributed by atoms with Crippen LogP contribution in [0.3, 0.4) is 0 Å². The lowest BCUT2D eigenvalue weighted by Crippen LogP contribution is -2.35. The molecule has 0 heterocycles. The first-order valence-corrected chi connectivity index (χ1v) is 6.99. The average molecular weight is 325 g/mol. The van der Waals surface area contributed by atoms with Crippen molar-refractivity contribution in [2.75, 3.05) is 0 Å². The van der Waals surface area contributed by atoms with Gasteiger partial charge in [-0.3, -0.25) is 0 Å². The van der Waals surface area contributed by atoms with Crippen molar-refractivity contribution in [2.24, 2.45) is 5.73 Å². The van der Waals surface area contributed by atoms with Gasteiger partial charge in [0.15, 0.2) is 0 Å². The van der Waals surface area contributed by atoms with Gasteiger partial charge in [0, 0.05) is 10.0 Å². The van der Waals surface area contributed by atoms with Gasteiger partial charge in [0.1, 0.15) is 0 Å². The minimum atomic E-state index is -1.15. The third kappa shape index (κ3) is 4.11. The van der Waals surface area contributed by atoms with Crippen LogP contribution in [0.25, 0.3) is 0 Å². The summed E-state index contributed by atoms with van der Waals surface area (Å²) in [6.07, 6.45) is -1.15. The quantitative estimate of drug-likeness (QED) is 0.795. The van der Waals surface area contributed by atoms with Gasteiger partial charge in [-0.25, -0.2) is 4.79 Å². The van der Waals surface area contributed by atoms with Crippen molar-refractivity contribution in [1.82, 2.24) is 5.32 Å². The van der Waals surface area contributed by atoms with E-state index >= 15 is 0 Å². The topological polar surface area (TPSA) is 75.3 Å². The van der Waals surface area contributed by atoms with E-state index in [1.807, 2.05) is 6.07 Å². The number of benzene rings is 2. The Bertz CT molecular complexity index is 632. The molecule has 2 aromatic carbocycles. The van der Waals surface area contributed by atoms with Crippen LogP contribution in [0.2, 0.25) is 10.0 Å². The van der Waals surface area contributed by atoms with E-state index in [2.05, 4.69) is 5.32 Å². The van der Waals surface area contributed by atoms with E-state index in [4.69, 9.17) is 34.0 Å². The highest BCUT2D eigenvalue weighted by Crippen LogP contribution is 2.29. The number of carbonyl (C=O) groups is 1. The monoisotopic (exact) mass is 324 g/mol. The number of amides is 1. The van der Waals surface area contributed by atoms with E-state index in [9.17, 15) is 4.79 Å². The maximum Gasteiger partial charge on any atom is 0.405 e. The van der Waals surface area contributed by atoms with Crippen LogP contribution in [0.5, 0.6) is 0 Å². The highest BCUT2D eigenvalue weighted by atomic mass is 35.5. The van der Waals surface area contributed by atoms with Crippen molar-refractivity contribution in [2.45, 2.75) is 12.1 Å². The largest absolute Gasteiger partial charge is 0.465 e. The van der Waals surface area contributed by atoms with Crippen molar-refractivity contribution in [3.8, 4) is 0 Å². The summed E-state index contributed by atoms with van der Waals surface area (Å²) in [4.78, 5) is 11.0. The van der Waals surface area contributed by atoms with Crippen LogP contribution in [-0.4, -0.2) is 11.2 Å². The van der Waals surface area contributed by atoms with Crippen LogP contribution in [-0.2, 0) is 0 Å². The predicted octanol–water partition coefficient (Wildman–Crippen LogP) is 4.00. The Kier molecular flexibility index (Phi) is 5.07. The maximum atomic E-state index is 11.0. The van der Waals surface area contributed by atoms with Crippen molar-refractivity contribution in [1.29, 1.82) is 0 Å². The lowest BCUT2D eigenvalue weighted by atomic mass is 9.94. The molecule has 0 saturated carbocycles. The summed E-state index contributed by atoms with van der Waals surface area (Å²) in [6.45, 7) is 0. The van der Waals surface area contributed by atoms with Crippen LogP contribution < -0.4 is 11.1 Å². The number of nitrogens with two attached hydrogens (primary N) is 1. The molecule has 4 N–H and O–H groups in total. The smallest absolute Gasteiger partial charge is 0.405 e. The van der Waals surface area contributed by atoms with Crippen molar-refractivity contribution in [3.05, 3.63) is 69.7 Å². The second-order valence-electron chi connectivity index (χ2n) is 4.56. The van der Waals surface area contributed by atoms with Gasteiger partial charge in [-0.05, 0) is 35.4 Å². The molecule has 1 amide bonds. The van der Waals surface area contributed by atoms with Gasteiger partial charge in [-0.15, -0.1) is 0 Å². The number of hydrogen-bond acceptors (Lipinski definition) is 2. The molecule has 2 aromatic rings. The Balaban J connectivity index is 2.35. The molecule has 21 heavy (non-hydrogen) atoms. The molecule has 0 aliphatic rings. The molecule has 0 aliphatic heterocycles. The first-order valence-electron chi connectivity index (χ1n) is 6.23. The summed E-state index contributed by atoms with van der Waals surface area (Å²) < 4.78 is 0. The molecule has 4 nitrogen and oxygen atoms in total. The molecule has 0 aliphatic carbocycles. The molecular weight excluding hydrogens is 311 g/mol. The summed E-state index contributed by atoms with van der Waals surface area (Å²) in [6, 6.07) is 12.7. The molecule has 0 bridgehead atoms. The van der Waals surface area contributed by atoms with E-state index in [1.165, 1.54) is 0 Å². The summed E-state index contributed by atoms with van der Waals surface area (Å²) >= 11 is 11.8. The molecular formula is C15H14Cl2N2O2. The second-order valence-corrected chi connectivity index (χ2v) is 5.43. The summed E-state index contributed by atoms with van der Waals surface area (Å²) in [5, 5.41) is 12.6. The summed E-state index contributed by atoms with van der Waals surface area (Å²) in [5.41, 5.74) is 7.69. The van der Waals surface area contributed by atoms with Gasteiger partial charge in [0.25, 0.3) is 0 Å². The van der Waals surface area contributed by atoms with Crippen LogP contribution in [0.1, 0.15) is 23.2 Å². The fourth-order valence-corrected chi connectivity index (χ4v) is 2.41. The normalized spacial score (nSPS) is 13.5. The van der Waals surface area contributed by atoms with Gasteiger partial charge < -0.3 is 16.2 Å².